The van der Waals surface area contributed by atoms with Crippen LogP contribution in [-0.2, 0) is 12.8 Å². The zero-order valence-electron chi connectivity index (χ0n) is 17.8. The second-order valence-corrected chi connectivity index (χ2v) is 8.85. The summed E-state index contributed by atoms with van der Waals surface area (Å²) in [5.74, 6) is 0. The van der Waals surface area contributed by atoms with Crippen LogP contribution in [0.25, 0.3) is 53.9 Å². The standard InChI is InChI=1S/C20H12.C12H10/c1-5-13-6-2-11-17-18-12-4-8-14-7-3-10-16(20(14)18)15(9-1)19(13)17;1-3-9-4-2-6-11-8-7-10(5-1)12(9)11/h1-12H;1-6H,7-8H2. The Balaban J connectivity index is 0.000000128. The van der Waals surface area contributed by atoms with Crippen LogP contribution in [0.1, 0.15) is 11.1 Å². The molecule has 0 aliphatic heterocycles. The van der Waals surface area contributed by atoms with Crippen molar-refractivity contribution in [2.24, 2.45) is 0 Å². The maximum Gasteiger partial charge on any atom is -0.00264 e. The Kier molecular flexibility index (Phi) is 3.77. The zero-order chi connectivity index (χ0) is 21.1. The largest absolute Gasteiger partial charge is 0.0614 e. The molecule has 0 radical (unpaired) electrons. The molecule has 8 rings (SSSR count). The highest BCUT2D eigenvalue weighted by Gasteiger charge is 2.12. The number of hydrogen-bond acceptors (Lipinski definition) is 0. The molecule has 7 aromatic carbocycles. The summed E-state index contributed by atoms with van der Waals surface area (Å²) in [5.41, 5.74) is 3.06. The smallest absolute Gasteiger partial charge is 0.00264 e. The Morgan fingerprint density at radius 2 is 0.625 bits per heavy atom. The van der Waals surface area contributed by atoms with E-state index in [1.165, 1.54) is 77.8 Å². The van der Waals surface area contributed by atoms with Crippen LogP contribution in [0.3, 0.4) is 0 Å². The molecule has 0 saturated carbocycles. The molecule has 150 valence electrons. The summed E-state index contributed by atoms with van der Waals surface area (Å²) in [4.78, 5) is 0. The minimum atomic E-state index is 1.23. The van der Waals surface area contributed by atoms with Gasteiger partial charge in [-0.1, -0.05) is 109 Å². The fourth-order valence-corrected chi connectivity index (χ4v) is 5.77. The Labute approximate surface area is 187 Å². The molecule has 32 heavy (non-hydrogen) atoms. The molecule has 0 saturated heterocycles. The fraction of sp³-hybridized carbons (Fsp3) is 0.0625. The Hall–Kier alpha value is -3.90. The topological polar surface area (TPSA) is 0 Å². The highest BCUT2D eigenvalue weighted by atomic mass is 14.2. The van der Waals surface area contributed by atoms with Crippen LogP contribution in [0.5, 0.6) is 0 Å². The van der Waals surface area contributed by atoms with Crippen LogP contribution in [0.15, 0.2) is 109 Å². The third-order valence-corrected chi connectivity index (χ3v) is 7.13. The zero-order valence-corrected chi connectivity index (χ0v) is 17.8. The van der Waals surface area contributed by atoms with Gasteiger partial charge in [-0.2, -0.15) is 0 Å². The highest BCUT2D eigenvalue weighted by Crippen LogP contribution is 2.39. The Morgan fingerprint density at radius 3 is 1.00 bits per heavy atom. The van der Waals surface area contributed by atoms with Gasteiger partial charge in [-0.05, 0) is 77.8 Å². The molecule has 0 fully saturated rings. The van der Waals surface area contributed by atoms with E-state index in [2.05, 4.69) is 109 Å². The minimum Gasteiger partial charge on any atom is -0.0614 e. The van der Waals surface area contributed by atoms with Gasteiger partial charge in [0.25, 0.3) is 0 Å². The fourth-order valence-electron chi connectivity index (χ4n) is 5.77. The van der Waals surface area contributed by atoms with Crippen LogP contribution in [-0.4, -0.2) is 0 Å². The maximum atomic E-state index is 2.25. The number of rotatable bonds is 0. The van der Waals surface area contributed by atoms with E-state index >= 15 is 0 Å². The van der Waals surface area contributed by atoms with Crippen molar-refractivity contribution in [3.8, 4) is 0 Å². The van der Waals surface area contributed by atoms with Crippen molar-refractivity contribution in [3.05, 3.63) is 120 Å². The van der Waals surface area contributed by atoms with Gasteiger partial charge >= 0.3 is 0 Å². The predicted octanol–water partition coefficient (Wildman–Crippen LogP) is 8.68. The van der Waals surface area contributed by atoms with E-state index in [1.807, 2.05) is 0 Å². The number of aryl methyl sites for hydroxylation is 2. The first-order chi connectivity index (χ1) is 15.9. The molecule has 0 heterocycles. The van der Waals surface area contributed by atoms with E-state index in [0.717, 1.165) is 0 Å². The van der Waals surface area contributed by atoms with Gasteiger partial charge < -0.3 is 0 Å². The molecule has 0 heteroatoms. The van der Waals surface area contributed by atoms with Crippen molar-refractivity contribution in [1.29, 1.82) is 0 Å². The first kappa shape index (κ1) is 17.7. The molecule has 0 nitrogen and oxygen atoms in total. The molecule has 0 unspecified atom stereocenters. The monoisotopic (exact) mass is 406 g/mol. The summed E-state index contributed by atoms with van der Waals surface area (Å²) in [5, 5.41) is 13.8. The lowest BCUT2D eigenvalue weighted by atomic mass is 9.90. The summed E-state index contributed by atoms with van der Waals surface area (Å²) >= 11 is 0. The van der Waals surface area contributed by atoms with E-state index in [-0.39, 0.29) is 0 Å². The molecule has 0 N–H and O–H groups in total. The van der Waals surface area contributed by atoms with Crippen molar-refractivity contribution in [2.75, 3.05) is 0 Å². The minimum absolute atomic E-state index is 1.23. The van der Waals surface area contributed by atoms with Crippen molar-refractivity contribution >= 4 is 53.9 Å². The van der Waals surface area contributed by atoms with Gasteiger partial charge in [0.15, 0.2) is 0 Å². The van der Waals surface area contributed by atoms with E-state index in [1.54, 1.807) is 0 Å². The van der Waals surface area contributed by atoms with Crippen LogP contribution in [0, 0.1) is 0 Å². The average molecular weight is 407 g/mol. The van der Waals surface area contributed by atoms with Gasteiger partial charge in [0.1, 0.15) is 0 Å². The van der Waals surface area contributed by atoms with Gasteiger partial charge in [-0.3, -0.25) is 0 Å². The quantitative estimate of drug-likeness (QED) is 0.175. The average Bonchev–Trinajstić information content (AvgIpc) is 3.28. The summed E-state index contributed by atoms with van der Waals surface area (Å²) in [7, 11) is 0. The maximum absolute atomic E-state index is 2.25. The SMILES string of the molecule is c1cc2c3c(cccc3c1)CC2.c1cc2cccc3c4cccc5cccc(c(c1)c23)c54. The summed E-state index contributed by atoms with van der Waals surface area (Å²) in [6.45, 7) is 0. The highest BCUT2D eigenvalue weighted by molar-refractivity contribution is 6.32. The van der Waals surface area contributed by atoms with E-state index < -0.39 is 0 Å². The van der Waals surface area contributed by atoms with Gasteiger partial charge in [-0.15, -0.1) is 0 Å². The Bertz CT molecular complexity index is 1560. The van der Waals surface area contributed by atoms with Crippen LogP contribution in [0.2, 0.25) is 0 Å². The summed E-state index contributed by atoms with van der Waals surface area (Å²) in [6.07, 6.45) is 2.47. The van der Waals surface area contributed by atoms with Gasteiger partial charge in [0.2, 0.25) is 0 Å². The summed E-state index contributed by atoms with van der Waals surface area (Å²) < 4.78 is 0. The van der Waals surface area contributed by atoms with Crippen LogP contribution >= 0.6 is 0 Å². The first-order valence-electron chi connectivity index (χ1n) is 11.4. The van der Waals surface area contributed by atoms with Crippen LogP contribution < -0.4 is 0 Å². The van der Waals surface area contributed by atoms with Crippen LogP contribution in [0.4, 0.5) is 0 Å². The van der Waals surface area contributed by atoms with Gasteiger partial charge in [-0.25, -0.2) is 0 Å². The molecule has 0 bridgehead atoms. The number of hydrogen-bond donors (Lipinski definition) is 0. The first-order valence-corrected chi connectivity index (χ1v) is 11.4. The lowest BCUT2D eigenvalue weighted by Crippen LogP contribution is -1.85. The molecular weight excluding hydrogens is 384 g/mol. The van der Waals surface area contributed by atoms with E-state index in [0.29, 0.717) is 0 Å². The molecular formula is C32H22. The third-order valence-electron chi connectivity index (χ3n) is 7.13. The molecule has 1 aliphatic carbocycles. The molecule has 0 atom stereocenters. The lowest BCUT2D eigenvalue weighted by molar-refractivity contribution is 1.02. The van der Waals surface area contributed by atoms with Gasteiger partial charge in [0, 0.05) is 0 Å². The lowest BCUT2D eigenvalue weighted by Gasteiger charge is -2.13. The van der Waals surface area contributed by atoms with Crippen molar-refractivity contribution in [2.45, 2.75) is 12.8 Å². The predicted molar refractivity (Wildman–Crippen MR) is 139 cm³/mol. The molecule has 1 aliphatic rings. The van der Waals surface area contributed by atoms with Crippen molar-refractivity contribution < 1.29 is 0 Å². The molecule has 0 amide bonds. The third kappa shape index (κ3) is 2.50. The normalized spacial score (nSPS) is 12.8. The number of fused-ring (bicyclic) bond motifs is 2. The van der Waals surface area contributed by atoms with E-state index in [4.69, 9.17) is 0 Å². The molecule has 0 spiro atoms. The number of benzene rings is 7. The summed E-state index contributed by atoms with van der Waals surface area (Å²) in [6, 6.07) is 39.7. The van der Waals surface area contributed by atoms with Crippen molar-refractivity contribution in [1.82, 2.24) is 0 Å². The molecule has 7 aromatic rings. The molecule has 0 aromatic heterocycles. The second-order valence-electron chi connectivity index (χ2n) is 8.85. The van der Waals surface area contributed by atoms with Crippen molar-refractivity contribution in [3.63, 3.8) is 0 Å². The van der Waals surface area contributed by atoms with E-state index in [9.17, 15) is 0 Å². The Morgan fingerprint density at radius 1 is 0.312 bits per heavy atom. The second kappa shape index (κ2) is 6.80. The van der Waals surface area contributed by atoms with Gasteiger partial charge in [0.05, 0.1) is 0 Å².